The first-order chi connectivity index (χ1) is 5.66. The van der Waals surface area contributed by atoms with Gasteiger partial charge in [0.2, 0.25) is 0 Å². The molecule has 0 heterocycles. The summed E-state index contributed by atoms with van der Waals surface area (Å²) in [5.74, 6) is 2.61. The predicted octanol–water partition coefficient (Wildman–Crippen LogP) is 1.41. The molecule has 2 nitrogen and oxygen atoms in total. The minimum absolute atomic E-state index is 0.315. The summed E-state index contributed by atoms with van der Waals surface area (Å²) in [4.78, 5) is 0. The first-order valence-corrected chi connectivity index (χ1v) is 4.45. The Morgan fingerprint density at radius 2 is 2.08 bits per heavy atom. The molecule has 0 aliphatic rings. The van der Waals surface area contributed by atoms with Gasteiger partial charge in [-0.25, -0.2) is 0 Å². The van der Waals surface area contributed by atoms with Crippen LogP contribution in [0.15, 0.2) is 0 Å². The standard InChI is InChI=1S/C10H19NO/c1-5-6-10(4)11-7-8-12-9(2)3/h1,9-11H,6-8H2,2-4H3. The zero-order valence-corrected chi connectivity index (χ0v) is 8.26. The third-order valence-corrected chi connectivity index (χ3v) is 1.47. The molecule has 0 amide bonds. The highest BCUT2D eigenvalue weighted by molar-refractivity contribution is 4.87. The summed E-state index contributed by atoms with van der Waals surface area (Å²) in [5.41, 5.74) is 0. The summed E-state index contributed by atoms with van der Waals surface area (Å²) >= 11 is 0. The van der Waals surface area contributed by atoms with Gasteiger partial charge in [0.1, 0.15) is 0 Å². The van der Waals surface area contributed by atoms with Gasteiger partial charge in [0.25, 0.3) is 0 Å². The summed E-state index contributed by atoms with van der Waals surface area (Å²) < 4.78 is 5.36. The lowest BCUT2D eigenvalue weighted by Crippen LogP contribution is -2.29. The zero-order valence-electron chi connectivity index (χ0n) is 8.26. The van der Waals surface area contributed by atoms with Crippen molar-refractivity contribution in [1.29, 1.82) is 0 Å². The maximum atomic E-state index is 5.36. The second-order valence-electron chi connectivity index (χ2n) is 3.18. The quantitative estimate of drug-likeness (QED) is 0.479. The van der Waals surface area contributed by atoms with E-state index < -0.39 is 0 Å². The smallest absolute Gasteiger partial charge is 0.0594 e. The summed E-state index contributed by atoms with van der Waals surface area (Å²) in [6.07, 6.45) is 6.25. The van der Waals surface area contributed by atoms with E-state index in [-0.39, 0.29) is 0 Å². The molecule has 12 heavy (non-hydrogen) atoms. The van der Waals surface area contributed by atoms with Gasteiger partial charge in [0.05, 0.1) is 12.7 Å². The number of terminal acetylenes is 1. The van der Waals surface area contributed by atoms with Crippen molar-refractivity contribution >= 4 is 0 Å². The van der Waals surface area contributed by atoms with Crippen LogP contribution >= 0.6 is 0 Å². The van der Waals surface area contributed by atoms with Gasteiger partial charge in [-0.1, -0.05) is 0 Å². The molecular formula is C10H19NO. The minimum atomic E-state index is 0.315. The van der Waals surface area contributed by atoms with Crippen LogP contribution in [0.1, 0.15) is 27.2 Å². The molecule has 0 aromatic rings. The monoisotopic (exact) mass is 169 g/mol. The zero-order chi connectivity index (χ0) is 9.40. The van der Waals surface area contributed by atoms with Gasteiger partial charge in [-0.15, -0.1) is 12.3 Å². The lowest BCUT2D eigenvalue weighted by Gasteiger charge is -2.12. The molecule has 70 valence electrons. The van der Waals surface area contributed by atoms with Crippen LogP contribution in [-0.4, -0.2) is 25.3 Å². The van der Waals surface area contributed by atoms with Crippen LogP contribution in [0.5, 0.6) is 0 Å². The van der Waals surface area contributed by atoms with E-state index in [4.69, 9.17) is 11.2 Å². The van der Waals surface area contributed by atoms with Crippen molar-refractivity contribution in [2.45, 2.75) is 39.3 Å². The Morgan fingerprint density at radius 1 is 1.42 bits per heavy atom. The van der Waals surface area contributed by atoms with Crippen LogP contribution in [0.4, 0.5) is 0 Å². The van der Waals surface area contributed by atoms with Gasteiger partial charge in [-0.3, -0.25) is 0 Å². The Labute approximate surface area is 75.7 Å². The minimum Gasteiger partial charge on any atom is -0.377 e. The second kappa shape index (κ2) is 7.15. The van der Waals surface area contributed by atoms with Gasteiger partial charge >= 0.3 is 0 Å². The highest BCUT2D eigenvalue weighted by atomic mass is 16.5. The lowest BCUT2D eigenvalue weighted by atomic mass is 10.2. The maximum Gasteiger partial charge on any atom is 0.0594 e. The molecule has 0 spiro atoms. The molecule has 1 atom stereocenters. The van der Waals surface area contributed by atoms with Gasteiger partial charge in [-0.2, -0.15) is 0 Å². The maximum absolute atomic E-state index is 5.36. The molecule has 1 unspecified atom stereocenters. The highest BCUT2D eigenvalue weighted by Crippen LogP contribution is 1.88. The second-order valence-corrected chi connectivity index (χ2v) is 3.18. The van der Waals surface area contributed by atoms with Crippen LogP contribution in [0.2, 0.25) is 0 Å². The number of ether oxygens (including phenoxy) is 1. The van der Waals surface area contributed by atoms with E-state index in [2.05, 4.69) is 18.2 Å². The Bertz CT molecular complexity index is 137. The Kier molecular flexibility index (Phi) is 6.84. The summed E-state index contributed by atoms with van der Waals surface area (Å²) in [6, 6.07) is 0.394. The van der Waals surface area contributed by atoms with E-state index in [9.17, 15) is 0 Å². The van der Waals surface area contributed by atoms with E-state index in [0.717, 1.165) is 19.6 Å². The van der Waals surface area contributed by atoms with Gasteiger partial charge in [-0.05, 0) is 20.8 Å². The van der Waals surface area contributed by atoms with Crippen LogP contribution in [0, 0.1) is 12.3 Å². The SMILES string of the molecule is C#CCC(C)NCCOC(C)C. The van der Waals surface area contributed by atoms with Gasteiger partial charge < -0.3 is 10.1 Å². The highest BCUT2D eigenvalue weighted by Gasteiger charge is 1.97. The largest absolute Gasteiger partial charge is 0.377 e. The van der Waals surface area contributed by atoms with Gasteiger partial charge in [0.15, 0.2) is 0 Å². The third kappa shape index (κ3) is 7.59. The van der Waals surface area contributed by atoms with Crippen LogP contribution in [0.3, 0.4) is 0 Å². The van der Waals surface area contributed by atoms with Crippen molar-refractivity contribution in [3.8, 4) is 12.3 Å². The van der Waals surface area contributed by atoms with Crippen LogP contribution in [0.25, 0.3) is 0 Å². The van der Waals surface area contributed by atoms with E-state index in [0.29, 0.717) is 12.1 Å². The Morgan fingerprint density at radius 3 is 2.58 bits per heavy atom. The van der Waals surface area contributed by atoms with E-state index >= 15 is 0 Å². The molecule has 0 saturated carbocycles. The summed E-state index contributed by atoms with van der Waals surface area (Å²) in [5, 5.41) is 3.27. The predicted molar refractivity (Wildman–Crippen MR) is 52.0 cm³/mol. The molecule has 0 bridgehead atoms. The third-order valence-electron chi connectivity index (χ3n) is 1.47. The number of rotatable bonds is 6. The lowest BCUT2D eigenvalue weighted by molar-refractivity contribution is 0.0797. The summed E-state index contributed by atoms with van der Waals surface area (Å²) in [6.45, 7) is 7.78. The van der Waals surface area contributed by atoms with Crippen LogP contribution in [-0.2, 0) is 4.74 Å². The Hall–Kier alpha value is -0.520. The molecule has 0 aromatic heterocycles. The molecule has 0 aliphatic carbocycles. The van der Waals surface area contributed by atoms with E-state index in [1.807, 2.05) is 13.8 Å². The van der Waals surface area contributed by atoms with Crippen molar-refractivity contribution in [3.63, 3.8) is 0 Å². The van der Waals surface area contributed by atoms with Crippen molar-refractivity contribution in [2.24, 2.45) is 0 Å². The fourth-order valence-corrected chi connectivity index (χ4v) is 0.849. The van der Waals surface area contributed by atoms with E-state index in [1.54, 1.807) is 0 Å². The molecule has 0 aliphatic heterocycles. The first kappa shape index (κ1) is 11.5. The molecule has 2 heteroatoms. The fourth-order valence-electron chi connectivity index (χ4n) is 0.849. The normalized spacial score (nSPS) is 12.9. The first-order valence-electron chi connectivity index (χ1n) is 4.45. The average molecular weight is 169 g/mol. The fraction of sp³-hybridized carbons (Fsp3) is 0.800. The molecular weight excluding hydrogens is 150 g/mol. The van der Waals surface area contributed by atoms with Crippen molar-refractivity contribution in [3.05, 3.63) is 0 Å². The van der Waals surface area contributed by atoms with Crippen LogP contribution < -0.4 is 5.32 Å². The number of hydrogen-bond acceptors (Lipinski definition) is 2. The summed E-state index contributed by atoms with van der Waals surface area (Å²) in [7, 11) is 0. The molecule has 0 aromatic carbocycles. The van der Waals surface area contributed by atoms with Crippen molar-refractivity contribution in [1.82, 2.24) is 5.32 Å². The van der Waals surface area contributed by atoms with E-state index in [1.165, 1.54) is 0 Å². The number of hydrogen-bond donors (Lipinski definition) is 1. The van der Waals surface area contributed by atoms with Gasteiger partial charge in [0, 0.05) is 19.0 Å². The van der Waals surface area contributed by atoms with Crippen molar-refractivity contribution < 1.29 is 4.74 Å². The number of nitrogens with one attached hydrogen (secondary N) is 1. The molecule has 0 saturated heterocycles. The molecule has 1 N–H and O–H groups in total. The average Bonchev–Trinajstić information content (AvgIpc) is 1.98. The van der Waals surface area contributed by atoms with Crippen molar-refractivity contribution in [2.75, 3.05) is 13.2 Å². The molecule has 0 radical (unpaired) electrons. The molecule has 0 rings (SSSR count). The Balaban J connectivity index is 3.15. The molecule has 0 fully saturated rings. The topological polar surface area (TPSA) is 21.3 Å².